The van der Waals surface area contributed by atoms with Crippen LogP contribution < -0.4 is 5.32 Å². The van der Waals surface area contributed by atoms with Gasteiger partial charge in [0.1, 0.15) is 19.9 Å². The first kappa shape index (κ1) is 19.1. The van der Waals surface area contributed by atoms with Crippen LogP contribution >= 0.6 is 11.3 Å². The third-order valence-electron chi connectivity index (χ3n) is 4.07. The number of urea groups is 1. The van der Waals surface area contributed by atoms with Gasteiger partial charge in [-0.1, -0.05) is 32.1 Å². The average molecular weight is 375 g/mol. The highest BCUT2D eigenvalue weighted by molar-refractivity contribution is 7.91. The van der Waals surface area contributed by atoms with Crippen LogP contribution in [0.3, 0.4) is 0 Å². The molecule has 0 spiro atoms. The second kappa shape index (κ2) is 7.35. The SMILES string of the molecule is CC(C)(C)c1nnc(CNC(=O)N2CCCC(S(C)(=O)=O)CC2)s1. The molecule has 1 unspecified atom stereocenters. The number of nitrogens with one attached hydrogen (secondary N) is 1. The largest absolute Gasteiger partial charge is 0.331 e. The van der Waals surface area contributed by atoms with Gasteiger partial charge < -0.3 is 10.2 Å². The Labute approximate surface area is 147 Å². The summed E-state index contributed by atoms with van der Waals surface area (Å²) in [5.41, 5.74) is -0.0502. The zero-order valence-corrected chi connectivity index (χ0v) is 16.3. The van der Waals surface area contributed by atoms with Crippen LogP contribution in [0.5, 0.6) is 0 Å². The van der Waals surface area contributed by atoms with Crippen molar-refractivity contribution in [2.75, 3.05) is 19.3 Å². The molecule has 1 aliphatic heterocycles. The predicted octanol–water partition coefficient (Wildman–Crippen LogP) is 1.94. The van der Waals surface area contributed by atoms with Crippen molar-refractivity contribution in [3.05, 3.63) is 10.0 Å². The predicted molar refractivity (Wildman–Crippen MR) is 94.9 cm³/mol. The summed E-state index contributed by atoms with van der Waals surface area (Å²) in [5.74, 6) is 0. The monoisotopic (exact) mass is 374 g/mol. The summed E-state index contributed by atoms with van der Waals surface area (Å²) < 4.78 is 23.4. The van der Waals surface area contributed by atoms with E-state index in [-0.39, 0.29) is 16.7 Å². The van der Waals surface area contributed by atoms with Crippen LogP contribution in [0, 0.1) is 0 Å². The molecule has 0 bridgehead atoms. The molecule has 136 valence electrons. The van der Waals surface area contributed by atoms with Crippen LogP contribution in [-0.2, 0) is 21.8 Å². The number of aromatic nitrogens is 2. The minimum absolute atomic E-state index is 0.0502. The number of carbonyl (C=O) groups excluding carboxylic acids is 1. The summed E-state index contributed by atoms with van der Waals surface area (Å²) in [6.07, 6.45) is 3.10. The van der Waals surface area contributed by atoms with E-state index < -0.39 is 9.84 Å². The van der Waals surface area contributed by atoms with Gasteiger partial charge in [-0.15, -0.1) is 10.2 Å². The number of carbonyl (C=O) groups is 1. The average Bonchev–Trinajstić information content (AvgIpc) is 2.79. The van der Waals surface area contributed by atoms with Gasteiger partial charge in [0, 0.05) is 24.8 Å². The van der Waals surface area contributed by atoms with Gasteiger partial charge in [-0.25, -0.2) is 13.2 Å². The highest BCUT2D eigenvalue weighted by atomic mass is 32.2. The number of sulfone groups is 1. The molecule has 1 fully saturated rings. The van der Waals surface area contributed by atoms with E-state index in [0.29, 0.717) is 38.9 Å². The number of hydrogen-bond acceptors (Lipinski definition) is 6. The molecule has 1 aliphatic rings. The fourth-order valence-corrected chi connectivity index (χ4v) is 4.55. The van der Waals surface area contributed by atoms with Crippen molar-refractivity contribution in [1.82, 2.24) is 20.4 Å². The topological polar surface area (TPSA) is 92.3 Å². The summed E-state index contributed by atoms with van der Waals surface area (Å²) in [6, 6.07) is -0.170. The third kappa shape index (κ3) is 5.14. The van der Waals surface area contributed by atoms with E-state index >= 15 is 0 Å². The van der Waals surface area contributed by atoms with Gasteiger partial charge in [-0.3, -0.25) is 0 Å². The second-order valence-corrected chi connectivity index (χ2v) is 10.7. The van der Waals surface area contributed by atoms with Crippen molar-refractivity contribution in [2.24, 2.45) is 0 Å². The van der Waals surface area contributed by atoms with Crippen LogP contribution in [-0.4, -0.2) is 54.1 Å². The van der Waals surface area contributed by atoms with Crippen LogP contribution in [0.2, 0.25) is 0 Å². The lowest BCUT2D eigenvalue weighted by Gasteiger charge is -2.20. The third-order valence-corrected chi connectivity index (χ3v) is 7.10. The second-order valence-electron chi connectivity index (χ2n) is 7.28. The Hall–Kier alpha value is -1.22. The number of likely N-dealkylation sites (tertiary alicyclic amines) is 1. The lowest BCUT2D eigenvalue weighted by Crippen LogP contribution is -2.40. The molecule has 1 atom stereocenters. The van der Waals surface area contributed by atoms with E-state index in [2.05, 4.69) is 36.3 Å². The van der Waals surface area contributed by atoms with Gasteiger partial charge in [-0.05, 0) is 19.3 Å². The van der Waals surface area contributed by atoms with Crippen LogP contribution in [0.1, 0.15) is 50.0 Å². The smallest absolute Gasteiger partial charge is 0.317 e. The fraction of sp³-hybridized carbons (Fsp3) is 0.800. The lowest BCUT2D eigenvalue weighted by atomic mass is 9.98. The van der Waals surface area contributed by atoms with Crippen LogP contribution in [0.15, 0.2) is 0 Å². The fourth-order valence-electron chi connectivity index (χ4n) is 2.59. The van der Waals surface area contributed by atoms with E-state index in [1.165, 1.54) is 17.6 Å². The first-order valence-corrected chi connectivity index (χ1v) is 10.9. The molecule has 2 amide bonds. The summed E-state index contributed by atoms with van der Waals surface area (Å²) >= 11 is 1.50. The van der Waals surface area contributed by atoms with Gasteiger partial charge in [0.2, 0.25) is 0 Å². The van der Waals surface area contributed by atoms with E-state index in [4.69, 9.17) is 0 Å². The standard InChI is InChI=1S/C15H26N4O3S2/c1-15(2,3)13-18-17-12(23-13)10-16-14(20)19-8-5-6-11(7-9-19)24(4,21)22/h11H,5-10H2,1-4H3,(H,16,20). The Bertz CT molecular complexity index is 679. The summed E-state index contributed by atoms with van der Waals surface area (Å²) in [7, 11) is -3.04. The minimum atomic E-state index is -3.04. The Morgan fingerprint density at radius 2 is 2.00 bits per heavy atom. The van der Waals surface area contributed by atoms with Crippen molar-refractivity contribution >= 4 is 27.2 Å². The van der Waals surface area contributed by atoms with Gasteiger partial charge >= 0.3 is 6.03 Å². The van der Waals surface area contributed by atoms with Crippen molar-refractivity contribution < 1.29 is 13.2 Å². The summed E-state index contributed by atoms with van der Waals surface area (Å²) in [4.78, 5) is 14.0. The molecule has 2 heterocycles. The van der Waals surface area contributed by atoms with E-state index in [1.54, 1.807) is 4.90 Å². The van der Waals surface area contributed by atoms with Crippen LogP contribution in [0.25, 0.3) is 0 Å². The van der Waals surface area contributed by atoms with Crippen molar-refractivity contribution in [3.63, 3.8) is 0 Å². The van der Waals surface area contributed by atoms with E-state index in [0.717, 1.165) is 10.0 Å². The molecule has 9 heteroatoms. The van der Waals surface area contributed by atoms with Gasteiger partial charge in [-0.2, -0.15) is 0 Å². The normalized spacial score (nSPS) is 19.8. The maximum absolute atomic E-state index is 12.3. The zero-order valence-electron chi connectivity index (χ0n) is 14.7. The summed E-state index contributed by atoms with van der Waals surface area (Å²) in [6.45, 7) is 7.62. The maximum atomic E-state index is 12.3. The molecular weight excluding hydrogens is 348 g/mol. The van der Waals surface area contributed by atoms with Crippen LogP contribution in [0.4, 0.5) is 4.79 Å². The Kier molecular flexibility index (Phi) is 5.85. The molecule has 7 nitrogen and oxygen atoms in total. The molecule has 1 aromatic rings. The Morgan fingerprint density at radius 3 is 2.58 bits per heavy atom. The molecule has 0 saturated carbocycles. The number of amides is 2. The molecule has 1 aromatic heterocycles. The molecule has 1 N–H and O–H groups in total. The van der Waals surface area contributed by atoms with E-state index in [1.807, 2.05) is 0 Å². The highest BCUT2D eigenvalue weighted by Crippen LogP contribution is 2.25. The first-order valence-electron chi connectivity index (χ1n) is 8.12. The van der Waals surface area contributed by atoms with Gasteiger partial charge in [0.15, 0.2) is 0 Å². The summed E-state index contributed by atoms with van der Waals surface area (Å²) in [5, 5.41) is 12.5. The van der Waals surface area contributed by atoms with Crippen molar-refractivity contribution in [3.8, 4) is 0 Å². The van der Waals surface area contributed by atoms with E-state index in [9.17, 15) is 13.2 Å². The molecule has 0 aromatic carbocycles. The quantitative estimate of drug-likeness (QED) is 0.873. The molecule has 24 heavy (non-hydrogen) atoms. The Morgan fingerprint density at radius 1 is 1.29 bits per heavy atom. The maximum Gasteiger partial charge on any atom is 0.317 e. The molecule has 1 saturated heterocycles. The lowest BCUT2D eigenvalue weighted by molar-refractivity contribution is 0.199. The molecule has 0 aliphatic carbocycles. The molecular formula is C15H26N4O3S2. The number of hydrogen-bond donors (Lipinski definition) is 1. The van der Waals surface area contributed by atoms with Crippen molar-refractivity contribution in [1.29, 1.82) is 0 Å². The first-order chi connectivity index (χ1) is 11.1. The molecule has 2 rings (SSSR count). The Balaban J connectivity index is 1.88. The van der Waals surface area contributed by atoms with Crippen molar-refractivity contribution in [2.45, 2.75) is 57.2 Å². The van der Waals surface area contributed by atoms with Gasteiger partial charge in [0.25, 0.3) is 0 Å². The van der Waals surface area contributed by atoms with Gasteiger partial charge in [0.05, 0.1) is 11.8 Å². The number of nitrogens with zero attached hydrogens (tertiary/aromatic N) is 3. The molecule has 0 radical (unpaired) electrons. The zero-order chi connectivity index (χ0) is 18.0. The minimum Gasteiger partial charge on any atom is -0.331 e. The number of rotatable bonds is 3. The highest BCUT2D eigenvalue weighted by Gasteiger charge is 2.26.